The molecule has 0 saturated carbocycles. The minimum absolute atomic E-state index is 0.253. The Labute approximate surface area is 197 Å². The molecule has 2 aliphatic rings. The van der Waals surface area contributed by atoms with Gasteiger partial charge in [0.25, 0.3) is 0 Å². The van der Waals surface area contributed by atoms with Crippen molar-refractivity contribution in [1.29, 1.82) is 0 Å². The second kappa shape index (κ2) is 9.67. The van der Waals surface area contributed by atoms with Crippen molar-refractivity contribution in [3.8, 4) is 0 Å². The molecule has 0 bridgehead atoms. The molecule has 1 aromatic carbocycles. The van der Waals surface area contributed by atoms with Crippen molar-refractivity contribution < 1.29 is 23.9 Å². The van der Waals surface area contributed by atoms with Gasteiger partial charge in [-0.2, -0.15) is 0 Å². The van der Waals surface area contributed by atoms with Gasteiger partial charge < -0.3 is 14.8 Å². The maximum atomic E-state index is 13.6. The number of allylic oxidation sites excluding steroid dienone is 3. The number of rotatable bonds is 5. The van der Waals surface area contributed by atoms with E-state index in [9.17, 15) is 14.4 Å². The summed E-state index contributed by atoms with van der Waals surface area (Å²) in [5.74, 6) is -3.42. The molecule has 6 nitrogen and oxygen atoms in total. The number of carbonyl (C=O) groups excluding carboxylic acids is 3. The average molecular weight is 480 g/mol. The van der Waals surface area contributed by atoms with Crippen LogP contribution in [0.25, 0.3) is 0 Å². The molecule has 0 amide bonds. The lowest BCUT2D eigenvalue weighted by Crippen LogP contribution is -2.43. The van der Waals surface area contributed by atoms with Crippen LogP contribution in [0.1, 0.15) is 52.0 Å². The average Bonchev–Trinajstić information content (AvgIpc) is 2.74. The highest BCUT2D eigenvalue weighted by molar-refractivity contribution is 6.42. The fourth-order valence-electron chi connectivity index (χ4n) is 4.31. The van der Waals surface area contributed by atoms with Gasteiger partial charge in [-0.15, -0.1) is 0 Å². The van der Waals surface area contributed by atoms with E-state index in [0.717, 1.165) is 0 Å². The van der Waals surface area contributed by atoms with Crippen LogP contribution in [0.15, 0.2) is 40.7 Å². The van der Waals surface area contributed by atoms with Crippen LogP contribution >= 0.6 is 23.2 Å². The lowest BCUT2D eigenvalue weighted by atomic mass is 9.69. The summed E-state index contributed by atoms with van der Waals surface area (Å²) in [5.41, 5.74) is 2.59. The number of benzene rings is 1. The van der Waals surface area contributed by atoms with Crippen LogP contribution in [-0.4, -0.2) is 30.9 Å². The van der Waals surface area contributed by atoms with Crippen LogP contribution < -0.4 is 5.32 Å². The first-order valence-corrected chi connectivity index (χ1v) is 11.3. The maximum absolute atomic E-state index is 13.6. The molecule has 172 valence electrons. The summed E-state index contributed by atoms with van der Waals surface area (Å²) in [6.45, 7) is 7.35. The third-order valence-electron chi connectivity index (χ3n) is 6.12. The number of carbonyl (C=O) groups is 3. The number of hydrogen-bond acceptors (Lipinski definition) is 6. The third-order valence-corrected chi connectivity index (χ3v) is 6.86. The van der Waals surface area contributed by atoms with E-state index >= 15 is 0 Å². The van der Waals surface area contributed by atoms with Crippen LogP contribution in [0.3, 0.4) is 0 Å². The number of esters is 2. The number of nitrogens with one attached hydrogen (secondary N) is 1. The molecule has 0 aromatic heterocycles. The van der Waals surface area contributed by atoms with E-state index in [1.165, 1.54) is 7.11 Å². The van der Waals surface area contributed by atoms with E-state index in [2.05, 4.69) is 5.32 Å². The van der Waals surface area contributed by atoms with Crippen LogP contribution in [-0.2, 0) is 23.9 Å². The molecule has 8 heteroatoms. The number of hydrogen-bond donors (Lipinski definition) is 1. The second-order valence-electron chi connectivity index (χ2n) is 8.33. The fourth-order valence-corrected chi connectivity index (χ4v) is 4.61. The quantitative estimate of drug-likeness (QED) is 0.475. The van der Waals surface area contributed by atoms with Crippen molar-refractivity contribution in [2.24, 2.45) is 11.8 Å². The predicted octanol–water partition coefficient (Wildman–Crippen LogP) is 4.95. The number of dihydropyridines is 1. The third kappa shape index (κ3) is 4.44. The van der Waals surface area contributed by atoms with Gasteiger partial charge in [0, 0.05) is 22.9 Å². The molecule has 0 saturated heterocycles. The van der Waals surface area contributed by atoms with Gasteiger partial charge in [0.05, 0.1) is 28.8 Å². The molecular formula is C24H27Cl2NO5. The van der Waals surface area contributed by atoms with Crippen molar-refractivity contribution in [3.05, 3.63) is 56.3 Å². The second-order valence-corrected chi connectivity index (χ2v) is 9.15. The Morgan fingerprint density at radius 3 is 2.53 bits per heavy atom. The highest BCUT2D eigenvalue weighted by atomic mass is 35.5. The van der Waals surface area contributed by atoms with Crippen molar-refractivity contribution >= 4 is 40.9 Å². The monoisotopic (exact) mass is 479 g/mol. The molecule has 32 heavy (non-hydrogen) atoms. The zero-order chi connectivity index (χ0) is 23.7. The van der Waals surface area contributed by atoms with Crippen molar-refractivity contribution in [2.45, 2.75) is 52.6 Å². The summed E-state index contributed by atoms with van der Waals surface area (Å²) in [6, 6.07) is 5.01. The number of halogens is 2. The van der Waals surface area contributed by atoms with Gasteiger partial charge >= 0.3 is 11.9 Å². The molecule has 0 spiro atoms. The van der Waals surface area contributed by atoms with Gasteiger partial charge in [0.15, 0.2) is 5.78 Å². The van der Waals surface area contributed by atoms with Crippen molar-refractivity contribution in [1.82, 2.24) is 5.32 Å². The Balaban J connectivity index is 2.19. The summed E-state index contributed by atoms with van der Waals surface area (Å²) in [5, 5.41) is 3.90. The number of ether oxygens (including phenoxy) is 2. The first kappa shape index (κ1) is 24.3. The molecule has 1 aromatic rings. The number of ketones is 1. The van der Waals surface area contributed by atoms with Gasteiger partial charge in [-0.25, -0.2) is 4.79 Å². The standard InChI is InChI=1S/C24H27Cl2NO5/c1-6-12(3)32-24(30)19-13(4)27-17-9-11(2)18(23(29)31-5)22(28)21(17)20(19)14-7-8-15(25)16(26)10-14/h7-8,10-12,18,20,27H,6,9H2,1-5H3/t11-,12-,18-,20+/m0/s1. The zero-order valence-electron chi connectivity index (χ0n) is 18.8. The SMILES string of the molecule is CC[C@H](C)OC(=O)C1=C(C)NC2=C(C(=O)[C@@H](C(=O)OC)[C@@H](C)C2)[C@@H]1c1ccc(Cl)c(Cl)c1. The Hall–Kier alpha value is -2.31. The molecule has 0 unspecified atom stereocenters. The summed E-state index contributed by atoms with van der Waals surface area (Å²) < 4.78 is 10.5. The van der Waals surface area contributed by atoms with Gasteiger partial charge in [-0.05, 0) is 50.3 Å². The van der Waals surface area contributed by atoms with Crippen molar-refractivity contribution in [2.75, 3.05) is 7.11 Å². The summed E-state index contributed by atoms with van der Waals surface area (Å²) >= 11 is 12.4. The lowest BCUT2D eigenvalue weighted by molar-refractivity contribution is -0.151. The van der Waals surface area contributed by atoms with Gasteiger partial charge in [0.1, 0.15) is 5.92 Å². The molecule has 1 heterocycles. The van der Waals surface area contributed by atoms with Gasteiger partial charge in [-0.1, -0.05) is 43.1 Å². The van der Waals surface area contributed by atoms with Gasteiger partial charge in [0.2, 0.25) is 0 Å². The minimum Gasteiger partial charge on any atom is -0.468 e. The first-order valence-electron chi connectivity index (χ1n) is 10.6. The predicted molar refractivity (Wildman–Crippen MR) is 122 cm³/mol. The molecule has 1 N–H and O–H groups in total. The van der Waals surface area contributed by atoms with Crippen LogP contribution in [0.4, 0.5) is 0 Å². The largest absolute Gasteiger partial charge is 0.468 e. The van der Waals surface area contributed by atoms with E-state index in [1.807, 2.05) is 20.8 Å². The topological polar surface area (TPSA) is 81.7 Å². The Kier molecular flexibility index (Phi) is 7.36. The number of methoxy groups -OCH3 is 1. The molecular weight excluding hydrogens is 453 g/mol. The Bertz CT molecular complexity index is 1030. The Morgan fingerprint density at radius 1 is 1.25 bits per heavy atom. The molecule has 0 fully saturated rings. The molecule has 0 radical (unpaired) electrons. The molecule has 4 atom stereocenters. The van der Waals surface area contributed by atoms with Crippen LogP contribution in [0, 0.1) is 11.8 Å². The molecule has 1 aliphatic carbocycles. The number of Topliss-reactive ketones (excluding diaryl/α,β-unsaturated/α-hetero) is 1. The van der Waals surface area contributed by atoms with E-state index in [-0.39, 0.29) is 17.8 Å². The highest BCUT2D eigenvalue weighted by Gasteiger charge is 2.47. The van der Waals surface area contributed by atoms with Crippen LogP contribution in [0.2, 0.25) is 10.0 Å². The fraction of sp³-hybridized carbons (Fsp3) is 0.458. The smallest absolute Gasteiger partial charge is 0.337 e. The molecule has 1 aliphatic heterocycles. The summed E-state index contributed by atoms with van der Waals surface area (Å²) in [7, 11) is 1.26. The van der Waals surface area contributed by atoms with Gasteiger partial charge in [-0.3, -0.25) is 9.59 Å². The summed E-state index contributed by atoms with van der Waals surface area (Å²) in [4.78, 5) is 39.3. The van der Waals surface area contributed by atoms with E-state index in [1.54, 1.807) is 25.1 Å². The van der Waals surface area contributed by atoms with E-state index < -0.39 is 23.8 Å². The Morgan fingerprint density at radius 2 is 1.94 bits per heavy atom. The normalized spacial score (nSPS) is 24.0. The zero-order valence-corrected chi connectivity index (χ0v) is 20.3. The maximum Gasteiger partial charge on any atom is 0.337 e. The van der Waals surface area contributed by atoms with Crippen LogP contribution in [0.5, 0.6) is 0 Å². The first-order chi connectivity index (χ1) is 15.1. The lowest BCUT2D eigenvalue weighted by Gasteiger charge is -2.38. The van der Waals surface area contributed by atoms with E-state index in [4.69, 9.17) is 32.7 Å². The highest BCUT2D eigenvalue weighted by Crippen LogP contribution is 2.46. The minimum atomic E-state index is -0.948. The van der Waals surface area contributed by atoms with Crippen molar-refractivity contribution in [3.63, 3.8) is 0 Å². The molecule has 3 rings (SSSR count). The summed E-state index contributed by atoms with van der Waals surface area (Å²) in [6.07, 6.45) is 0.819. The van der Waals surface area contributed by atoms with E-state index in [0.29, 0.717) is 51.0 Å².